The molecule has 0 N–H and O–H groups in total. The lowest BCUT2D eigenvalue weighted by molar-refractivity contribution is -0.0901. The predicted molar refractivity (Wildman–Crippen MR) is 66.9 cm³/mol. The first-order valence-corrected chi connectivity index (χ1v) is 6.27. The summed E-state index contributed by atoms with van der Waals surface area (Å²) in [6.07, 6.45) is 1.31. The van der Waals surface area contributed by atoms with Crippen molar-refractivity contribution >= 4 is 0 Å². The summed E-state index contributed by atoms with van der Waals surface area (Å²) in [6, 6.07) is 5.16. The van der Waals surface area contributed by atoms with Gasteiger partial charge in [-0.1, -0.05) is 6.07 Å². The van der Waals surface area contributed by atoms with Crippen LogP contribution in [0.1, 0.15) is 16.8 Å². The Morgan fingerprint density at radius 3 is 2.43 bits per heavy atom. The standard InChI is InChI=1S/C15H11F4NO/c1-9-2-5-13(20-7-9)15(18,19)14(8-21-14)11-4-3-10(16)6-12(11)17/h2-7H,8H2,1H3. The topological polar surface area (TPSA) is 25.4 Å². The summed E-state index contributed by atoms with van der Waals surface area (Å²) in [6.45, 7) is 1.37. The summed E-state index contributed by atoms with van der Waals surface area (Å²) < 4.78 is 61.0. The number of alkyl halides is 2. The van der Waals surface area contributed by atoms with Crippen LogP contribution in [0, 0.1) is 18.6 Å². The van der Waals surface area contributed by atoms with E-state index in [0.29, 0.717) is 6.07 Å². The number of halogens is 4. The monoisotopic (exact) mass is 297 g/mol. The van der Waals surface area contributed by atoms with E-state index in [9.17, 15) is 17.6 Å². The molecule has 1 aliphatic heterocycles. The number of aromatic nitrogens is 1. The summed E-state index contributed by atoms with van der Waals surface area (Å²) in [4.78, 5) is 3.70. The third kappa shape index (κ3) is 2.10. The number of rotatable bonds is 3. The molecule has 2 heterocycles. The third-order valence-corrected chi connectivity index (χ3v) is 3.54. The normalized spacial score (nSPS) is 21.4. The van der Waals surface area contributed by atoms with Crippen LogP contribution < -0.4 is 0 Å². The molecule has 1 aliphatic rings. The van der Waals surface area contributed by atoms with Crippen molar-refractivity contribution in [2.75, 3.05) is 6.61 Å². The molecule has 2 aromatic rings. The van der Waals surface area contributed by atoms with E-state index in [1.54, 1.807) is 6.92 Å². The van der Waals surface area contributed by atoms with E-state index in [1.165, 1.54) is 18.3 Å². The summed E-state index contributed by atoms with van der Waals surface area (Å²) in [7, 11) is 0. The van der Waals surface area contributed by atoms with Gasteiger partial charge >= 0.3 is 5.92 Å². The van der Waals surface area contributed by atoms with Crippen molar-refractivity contribution in [3.63, 3.8) is 0 Å². The smallest absolute Gasteiger partial charge is 0.324 e. The molecule has 110 valence electrons. The Kier molecular flexibility index (Phi) is 3.02. The molecular weight excluding hydrogens is 286 g/mol. The zero-order valence-electron chi connectivity index (χ0n) is 11.0. The van der Waals surface area contributed by atoms with Crippen LogP contribution >= 0.6 is 0 Å². The largest absolute Gasteiger partial charge is 0.357 e. The molecule has 6 heteroatoms. The fraction of sp³-hybridized carbons (Fsp3) is 0.267. The fourth-order valence-corrected chi connectivity index (χ4v) is 2.26. The first-order chi connectivity index (χ1) is 9.87. The summed E-state index contributed by atoms with van der Waals surface area (Å²) >= 11 is 0. The van der Waals surface area contributed by atoms with E-state index in [-0.39, 0.29) is 12.2 Å². The fourth-order valence-electron chi connectivity index (χ4n) is 2.26. The molecule has 1 atom stereocenters. The van der Waals surface area contributed by atoms with E-state index < -0.39 is 28.9 Å². The average Bonchev–Trinajstić information content (AvgIpc) is 3.21. The lowest BCUT2D eigenvalue weighted by Crippen LogP contribution is -2.34. The number of ether oxygens (including phenoxy) is 1. The number of nitrogens with zero attached hydrogens (tertiary/aromatic N) is 1. The molecule has 1 unspecified atom stereocenters. The summed E-state index contributed by atoms with van der Waals surface area (Å²) in [5, 5.41) is 0. The van der Waals surface area contributed by atoms with Crippen LogP contribution in [0.5, 0.6) is 0 Å². The van der Waals surface area contributed by atoms with Gasteiger partial charge in [-0.3, -0.25) is 4.98 Å². The van der Waals surface area contributed by atoms with Gasteiger partial charge in [-0.05, 0) is 30.7 Å². The quantitative estimate of drug-likeness (QED) is 0.638. The van der Waals surface area contributed by atoms with Crippen LogP contribution in [0.15, 0.2) is 36.5 Å². The minimum atomic E-state index is -3.51. The maximum Gasteiger partial charge on any atom is 0.324 e. The van der Waals surface area contributed by atoms with E-state index >= 15 is 0 Å². The number of benzene rings is 1. The zero-order chi connectivity index (χ0) is 15.3. The Balaban J connectivity index is 2.06. The number of aryl methyl sites for hydroxylation is 1. The zero-order valence-corrected chi connectivity index (χ0v) is 11.0. The Hall–Kier alpha value is -1.95. The number of hydrogen-bond donors (Lipinski definition) is 0. The number of pyridine rings is 1. The van der Waals surface area contributed by atoms with Gasteiger partial charge in [-0.25, -0.2) is 8.78 Å². The van der Waals surface area contributed by atoms with Crippen LogP contribution in [0.25, 0.3) is 0 Å². The molecule has 2 nitrogen and oxygen atoms in total. The molecular formula is C15H11F4NO. The van der Waals surface area contributed by atoms with Crippen LogP contribution in [0.3, 0.4) is 0 Å². The van der Waals surface area contributed by atoms with Gasteiger partial charge in [-0.2, -0.15) is 8.78 Å². The van der Waals surface area contributed by atoms with Crippen LogP contribution in [-0.2, 0) is 16.3 Å². The van der Waals surface area contributed by atoms with Crippen LogP contribution in [0.4, 0.5) is 17.6 Å². The highest BCUT2D eigenvalue weighted by Gasteiger charge is 2.68. The molecule has 0 saturated carbocycles. The molecule has 1 aromatic carbocycles. The number of hydrogen-bond acceptors (Lipinski definition) is 2. The first-order valence-electron chi connectivity index (χ1n) is 6.27. The molecule has 0 radical (unpaired) electrons. The lowest BCUT2D eigenvalue weighted by atomic mass is 9.90. The first kappa shape index (κ1) is 14.0. The third-order valence-electron chi connectivity index (χ3n) is 3.54. The number of epoxide rings is 1. The Morgan fingerprint density at radius 2 is 1.90 bits per heavy atom. The minimum Gasteiger partial charge on any atom is -0.357 e. The van der Waals surface area contributed by atoms with Crippen molar-refractivity contribution < 1.29 is 22.3 Å². The van der Waals surface area contributed by atoms with Crippen molar-refractivity contribution in [3.05, 3.63) is 65.0 Å². The summed E-state index contributed by atoms with van der Waals surface area (Å²) in [5.74, 6) is -5.40. The average molecular weight is 297 g/mol. The predicted octanol–water partition coefficient (Wildman–Crippen LogP) is 3.69. The van der Waals surface area contributed by atoms with Gasteiger partial charge in [0.05, 0.1) is 6.61 Å². The van der Waals surface area contributed by atoms with Crippen molar-refractivity contribution in [3.8, 4) is 0 Å². The Morgan fingerprint density at radius 1 is 1.19 bits per heavy atom. The molecule has 0 spiro atoms. The molecule has 0 aliphatic carbocycles. The van der Waals surface area contributed by atoms with Crippen molar-refractivity contribution in [2.45, 2.75) is 18.4 Å². The Bertz CT molecular complexity index is 681. The Labute approximate surface area is 118 Å². The molecule has 0 amide bonds. The van der Waals surface area contributed by atoms with Crippen molar-refractivity contribution in [1.29, 1.82) is 0 Å². The van der Waals surface area contributed by atoms with E-state index in [1.807, 2.05) is 0 Å². The molecule has 3 rings (SSSR count). The molecule has 0 bridgehead atoms. The van der Waals surface area contributed by atoms with Gasteiger partial charge in [0.15, 0.2) is 5.60 Å². The van der Waals surface area contributed by atoms with Gasteiger partial charge in [0.25, 0.3) is 0 Å². The molecule has 21 heavy (non-hydrogen) atoms. The van der Waals surface area contributed by atoms with Crippen LogP contribution in [0.2, 0.25) is 0 Å². The SMILES string of the molecule is Cc1ccc(C(F)(F)C2(c3ccc(F)cc3F)CO2)nc1. The van der Waals surface area contributed by atoms with E-state index in [2.05, 4.69) is 4.98 Å². The summed E-state index contributed by atoms with van der Waals surface area (Å²) in [5.41, 5.74) is -2.26. The second-order valence-electron chi connectivity index (χ2n) is 5.04. The maximum atomic E-state index is 14.6. The lowest BCUT2D eigenvalue weighted by Gasteiger charge is -2.24. The highest BCUT2D eigenvalue weighted by Crippen LogP contribution is 2.56. The van der Waals surface area contributed by atoms with E-state index in [0.717, 1.165) is 17.7 Å². The molecule has 1 saturated heterocycles. The highest BCUT2D eigenvalue weighted by atomic mass is 19.3. The van der Waals surface area contributed by atoms with E-state index in [4.69, 9.17) is 4.74 Å². The van der Waals surface area contributed by atoms with Gasteiger partial charge in [-0.15, -0.1) is 0 Å². The van der Waals surface area contributed by atoms with Gasteiger partial charge in [0, 0.05) is 17.8 Å². The highest BCUT2D eigenvalue weighted by molar-refractivity contribution is 5.35. The van der Waals surface area contributed by atoms with Crippen LogP contribution in [-0.4, -0.2) is 11.6 Å². The second-order valence-corrected chi connectivity index (χ2v) is 5.04. The van der Waals surface area contributed by atoms with Crippen molar-refractivity contribution in [2.24, 2.45) is 0 Å². The minimum absolute atomic E-state index is 0.349. The van der Waals surface area contributed by atoms with Gasteiger partial charge < -0.3 is 4.74 Å². The van der Waals surface area contributed by atoms with Crippen molar-refractivity contribution in [1.82, 2.24) is 4.98 Å². The van der Waals surface area contributed by atoms with Gasteiger partial charge in [0.2, 0.25) is 0 Å². The molecule has 1 fully saturated rings. The second kappa shape index (κ2) is 4.53. The maximum absolute atomic E-state index is 14.6. The van der Waals surface area contributed by atoms with Gasteiger partial charge in [0.1, 0.15) is 17.3 Å². The molecule has 1 aromatic heterocycles.